The van der Waals surface area contributed by atoms with Crippen LogP contribution in [0.5, 0.6) is 0 Å². The van der Waals surface area contributed by atoms with Crippen LogP contribution in [-0.2, 0) is 0 Å². The summed E-state index contributed by atoms with van der Waals surface area (Å²) in [6.45, 7) is 8.25. The lowest BCUT2D eigenvalue weighted by atomic mass is 10.00. The number of hydrogen-bond donors (Lipinski definition) is 2. The average molecular weight is 244 g/mol. The summed E-state index contributed by atoms with van der Waals surface area (Å²) in [4.78, 5) is 12.2. The van der Waals surface area contributed by atoms with Crippen molar-refractivity contribution in [1.29, 1.82) is 0 Å². The van der Waals surface area contributed by atoms with E-state index in [1.807, 2.05) is 30.3 Å². The van der Waals surface area contributed by atoms with E-state index in [0.29, 0.717) is 5.56 Å². The number of ketones is 1. The van der Waals surface area contributed by atoms with E-state index in [4.69, 9.17) is 0 Å². The van der Waals surface area contributed by atoms with Gasteiger partial charge < -0.3 is 5.32 Å². The van der Waals surface area contributed by atoms with Crippen LogP contribution < -0.4 is 10.6 Å². The molecule has 18 heavy (non-hydrogen) atoms. The molecule has 2 rings (SSSR count). The standard InChI is InChI=1S/C15H20N2O/c1-14(2)13(16-15(3,4)17-14)10-12(18)11-8-6-5-7-9-11/h5-10,16-17H,1-4H3/b13-10+. The molecule has 0 aromatic heterocycles. The lowest BCUT2D eigenvalue weighted by molar-refractivity contribution is 0.104. The van der Waals surface area contributed by atoms with Gasteiger partial charge in [-0.05, 0) is 27.7 Å². The van der Waals surface area contributed by atoms with Crippen LogP contribution in [0.1, 0.15) is 38.1 Å². The molecule has 3 nitrogen and oxygen atoms in total. The van der Waals surface area contributed by atoms with Crippen LogP contribution in [0.25, 0.3) is 0 Å². The molecule has 1 aromatic rings. The molecule has 2 N–H and O–H groups in total. The molecule has 0 bridgehead atoms. The van der Waals surface area contributed by atoms with Crippen molar-refractivity contribution in [1.82, 2.24) is 10.6 Å². The number of hydrogen-bond acceptors (Lipinski definition) is 3. The predicted molar refractivity (Wildman–Crippen MR) is 73.3 cm³/mol. The molecule has 1 aromatic carbocycles. The summed E-state index contributed by atoms with van der Waals surface area (Å²) in [6, 6.07) is 9.33. The fourth-order valence-electron chi connectivity index (χ4n) is 2.41. The number of carbonyl (C=O) groups is 1. The second-order valence-corrected chi connectivity index (χ2v) is 5.79. The van der Waals surface area contributed by atoms with Gasteiger partial charge in [0.1, 0.15) is 0 Å². The second-order valence-electron chi connectivity index (χ2n) is 5.79. The zero-order valence-electron chi connectivity index (χ0n) is 11.4. The first-order chi connectivity index (χ1) is 8.30. The summed E-state index contributed by atoms with van der Waals surface area (Å²) < 4.78 is 0. The fraction of sp³-hybridized carbons (Fsp3) is 0.400. The molecule has 0 unspecified atom stereocenters. The maximum Gasteiger partial charge on any atom is 0.187 e. The summed E-state index contributed by atoms with van der Waals surface area (Å²) >= 11 is 0. The minimum atomic E-state index is -0.214. The zero-order valence-corrected chi connectivity index (χ0v) is 11.4. The minimum Gasteiger partial charge on any atom is -0.369 e. The first kappa shape index (κ1) is 12.8. The highest BCUT2D eigenvalue weighted by atomic mass is 16.1. The van der Waals surface area contributed by atoms with Crippen LogP contribution in [0.4, 0.5) is 0 Å². The number of nitrogens with one attached hydrogen (secondary N) is 2. The van der Waals surface area contributed by atoms with Crippen molar-refractivity contribution in [2.45, 2.75) is 38.9 Å². The lowest BCUT2D eigenvalue weighted by Gasteiger charge is -2.22. The average Bonchev–Trinajstić information content (AvgIpc) is 2.48. The van der Waals surface area contributed by atoms with Gasteiger partial charge in [0.15, 0.2) is 5.78 Å². The van der Waals surface area contributed by atoms with Gasteiger partial charge in [-0.2, -0.15) is 0 Å². The predicted octanol–water partition coefficient (Wildman–Crippen LogP) is 2.46. The molecule has 0 amide bonds. The van der Waals surface area contributed by atoms with Gasteiger partial charge in [0.05, 0.1) is 11.2 Å². The normalized spacial score (nSPS) is 22.8. The largest absolute Gasteiger partial charge is 0.369 e. The molecule has 0 spiro atoms. The quantitative estimate of drug-likeness (QED) is 0.620. The molecule has 1 aliphatic rings. The van der Waals surface area contributed by atoms with Gasteiger partial charge in [0.2, 0.25) is 0 Å². The van der Waals surface area contributed by atoms with Gasteiger partial charge in [-0.1, -0.05) is 30.3 Å². The maximum absolute atomic E-state index is 12.2. The van der Waals surface area contributed by atoms with E-state index in [9.17, 15) is 4.79 Å². The van der Waals surface area contributed by atoms with Gasteiger partial charge in [0.25, 0.3) is 0 Å². The van der Waals surface area contributed by atoms with Gasteiger partial charge >= 0.3 is 0 Å². The van der Waals surface area contributed by atoms with Crippen molar-refractivity contribution >= 4 is 5.78 Å². The molecule has 0 atom stereocenters. The molecule has 1 saturated heterocycles. The maximum atomic E-state index is 12.2. The van der Waals surface area contributed by atoms with Crippen LogP contribution in [0.2, 0.25) is 0 Å². The number of carbonyl (C=O) groups excluding carboxylic acids is 1. The molecule has 3 heteroatoms. The number of rotatable bonds is 2. The first-order valence-electron chi connectivity index (χ1n) is 6.19. The van der Waals surface area contributed by atoms with Crippen molar-refractivity contribution in [3.8, 4) is 0 Å². The van der Waals surface area contributed by atoms with Gasteiger partial charge in [-0.25, -0.2) is 0 Å². The van der Waals surface area contributed by atoms with Crippen LogP contribution >= 0.6 is 0 Å². The molecule has 0 radical (unpaired) electrons. The fourth-order valence-corrected chi connectivity index (χ4v) is 2.41. The molecule has 1 fully saturated rings. The van der Waals surface area contributed by atoms with Crippen LogP contribution in [-0.4, -0.2) is 17.0 Å². The third-order valence-corrected chi connectivity index (χ3v) is 3.08. The van der Waals surface area contributed by atoms with Crippen molar-refractivity contribution in [3.05, 3.63) is 47.7 Å². The first-order valence-corrected chi connectivity index (χ1v) is 6.19. The summed E-state index contributed by atoms with van der Waals surface area (Å²) in [5, 5.41) is 6.80. The Kier molecular flexibility index (Phi) is 3.03. The van der Waals surface area contributed by atoms with Crippen molar-refractivity contribution in [2.24, 2.45) is 0 Å². The van der Waals surface area contributed by atoms with Gasteiger partial charge in [-0.3, -0.25) is 10.1 Å². The smallest absolute Gasteiger partial charge is 0.187 e. The molecular weight excluding hydrogens is 224 g/mol. The van der Waals surface area contributed by atoms with E-state index in [2.05, 4.69) is 38.3 Å². The van der Waals surface area contributed by atoms with E-state index < -0.39 is 0 Å². The van der Waals surface area contributed by atoms with E-state index in [1.165, 1.54) is 0 Å². The monoisotopic (exact) mass is 244 g/mol. The Hall–Kier alpha value is -1.61. The summed E-state index contributed by atoms with van der Waals surface area (Å²) in [7, 11) is 0. The molecule has 96 valence electrons. The highest BCUT2D eigenvalue weighted by Gasteiger charge is 2.39. The third kappa shape index (κ3) is 2.62. The topological polar surface area (TPSA) is 41.1 Å². The van der Waals surface area contributed by atoms with E-state index in [-0.39, 0.29) is 17.0 Å². The van der Waals surface area contributed by atoms with Crippen LogP contribution in [0, 0.1) is 0 Å². The SMILES string of the molecule is CC1(C)N/C(=C/C(=O)c2ccccc2)C(C)(C)N1. The van der Waals surface area contributed by atoms with Crippen molar-refractivity contribution in [2.75, 3.05) is 0 Å². The summed E-state index contributed by atoms with van der Waals surface area (Å²) in [6.07, 6.45) is 1.69. The Morgan fingerprint density at radius 3 is 2.22 bits per heavy atom. The van der Waals surface area contributed by atoms with Gasteiger partial charge in [0, 0.05) is 17.3 Å². The second kappa shape index (κ2) is 4.25. The molecule has 1 heterocycles. The van der Waals surface area contributed by atoms with Crippen molar-refractivity contribution in [3.63, 3.8) is 0 Å². The zero-order chi connectivity index (χ0) is 13.4. The lowest BCUT2D eigenvalue weighted by Crippen LogP contribution is -2.46. The Morgan fingerprint density at radius 2 is 1.72 bits per heavy atom. The Balaban J connectivity index is 2.27. The van der Waals surface area contributed by atoms with Crippen molar-refractivity contribution < 1.29 is 4.79 Å². The van der Waals surface area contributed by atoms with Gasteiger partial charge in [-0.15, -0.1) is 0 Å². The summed E-state index contributed by atoms with van der Waals surface area (Å²) in [5.74, 6) is 0.0330. The molecule has 0 aliphatic carbocycles. The van der Waals surface area contributed by atoms with Crippen LogP contribution in [0.3, 0.4) is 0 Å². The van der Waals surface area contributed by atoms with E-state index in [1.54, 1.807) is 6.08 Å². The van der Waals surface area contributed by atoms with Crippen LogP contribution in [0.15, 0.2) is 42.1 Å². The van der Waals surface area contributed by atoms with E-state index >= 15 is 0 Å². The molecular formula is C15H20N2O. The molecule has 1 aliphatic heterocycles. The highest BCUT2D eigenvalue weighted by Crippen LogP contribution is 2.26. The number of benzene rings is 1. The highest BCUT2D eigenvalue weighted by molar-refractivity contribution is 6.05. The minimum absolute atomic E-state index is 0.0330. The number of allylic oxidation sites excluding steroid dienone is 1. The summed E-state index contributed by atoms with van der Waals surface area (Å²) in [5.41, 5.74) is 1.24. The Labute approximate surface area is 108 Å². The Morgan fingerprint density at radius 1 is 1.11 bits per heavy atom. The third-order valence-electron chi connectivity index (χ3n) is 3.08. The van der Waals surface area contributed by atoms with E-state index in [0.717, 1.165) is 5.70 Å². The Bertz CT molecular complexity index is 486. The molecule has 0 saturated carbocycles.